The minimum Gasteiger partial charge on any atom is -0.397 e. The molecule has 2 heteroatoms. The van der Waals surface area contributed by atoms with Crippen LogP contribution >= 0.6 is 0 Å². The lowest BCUT2D eigenvalue weighted by molar-refractivity contribution is 0.277. The van der Waals surface area contributed by atoms with E-state index in [1.807, 2.05) is 13.8 Å². The lowest BCUT2D eigenvalue weighted by Crippen LogP contribution is -1.57. The van der Waals surface area contributed by atoms with Crippen molar-refractivity contribution >= 4 is 0 Å². The van der Waals surface area contributed by atoms with E-state index in [1.165, 1.54) is 0 Å². The number of aliphatic hydroxyl groups excluding tert-OH is 1. The third-order valence-electron chi connectivity index (χ3n) is 0. The van der Waals surface area contributed by atoms with Crippen LogP contribution < -0.4 is 0 Å². The lowest BCUT2D eigenvalue weighted by Gasteiger charge is -1.61. The van der Waals surface area contributed by atoms with Crippen molar-refractivity contribution in [2.45, 2.75) is 35.6 Å². The summed E-state index contributed by atoms with van der Waals surface area (Å²) >= 11 is 0. The van der Waals surface area contributed by atoms with Gasteiger partial charge in [0.1, 0.15) is 0 Å². The molecule has 0 aliphatic carbocycles. The van der Waals surface area contributed by atoms with Crippen LogP contribution in [-0.2, 0) is 4.74 Å². The summed E-state index contributed by atoms with van der Waals surface area (Å²) < 4.78 is 4.25. The first-order valence-corrected chi connectivity index (χ1v) is 3.34. The molecule has 0 aliphatic heterocycles. The fraction of sp³-hybridized carbons (Fsp3) is 0.800. The van der Waals surface area contributed by atoms with Crippen LogP contribution in [0.1, 0.15) is 35.6 Å². The van der Waals surface area contributed by atoms with Gasteiger partial charge in [-0.25, -0.2) is 0 Å². The zero-order valence-corrected chi connectivity index (χ0v) is 7.98. The quantitative estimate of drug-likeness (QED) is 0.582. The van der Waals surface area contributed by atoms with Gasteiger partial charge in [0.15, 0.2) is 0 Å². The van der Waals surface area contributed by atoms with Crippen molar-refractivity contribution in [2.75, 3.05) is 20.8 Å². The Hall–Kier alpha value is -0.340. The molecule has 0 radical (unpaired) electrons. The van der Waals surface area contributed by atoms with Crippen LogP contribution in [0.25, 0.3) is 0 Å². The fourth-order valence-electron chi connectivity index (χ4n) is 0. The van der Waals surface area contributed by atoms with Crippen molar-refractivity contribution in [3.63, 3.8) is 0 Å². The Morgan fingerprint density at radius 2 is 1.08 bits per heavy atom. The van der Waals surface area contributed by atoms with E-state index in [-0.39, 0.29) is 21.5 Å². The second-order valence-corrected chi connectivity index (χ2v) is 0.724. The molecule has 2 nitrogen and oxygen atoms in total. The molecule has 0 saturated heterocycles. The third kappa shape index (κ3) is 6270. The maximum absolute atomic E-state index is 7.57. The Morgan fingerprint density at radius 1 is 1.08 bits per heavy atom. The Morgan fingerprint density at radius 3 is 1.08 bits per heavy atom. The van der Waals surface area contributed by atoms with Gasteiger partial charge in [0, 0.05) is 20.8 Å². The zero-order chi connectivity index (χ0) is 9.41. The lowest BCUT2D eigenvalue weighted by atomic mass is 10.9. The molecule has 0 aromatic carbocycles. The number of hydrogen-bond donors (Lipinski definition) is 1. The van der Waals surface area contributed by atoms with Crippen LogP contribution in [0.2, 0.25) is 0 Å². The first-order valence-electron chi connectivity index (χ1n) is 3.34. The molecule has 0 aromatic rings. The summed E-state index contributed by atoms with van der Waals surface area (Å²) in [6.07, 6.45) is 0. The summed E-state index contributed by atoms with van der Waals surface area (Å²) in [6.45, 7) is 11.9. The molecule has 0 amide bonds. The first-order chi connectivity index (χ1) is 4.83. The number of hydrogen-bond acceptors (Lipinski definition) is 2. The van der Waals surface area contributed by atoms with Gasteiger partial charge in [-0.1, -0.05) is 28.7 Å². The highest BCUT2D eigenvalue weighted by atomic mass is 16.4. The molecule has 0 aliphatic rings. The SMILES string of the molecule is C.C.C=C.CC.CCO.COC. The normalized spacial score (nSPS) is 3.83. The molecule has 0 atom stereocenters. The van der Waals surface area contributed by atoms with Gasteiger partial charge in [-0.2, -0.15) is 0 Å². The largest absolute Gasteiger partial charge is 0.397 e. The molecule has 1 N–H and O–H groups in total. The van der Waals surface area contributed by atoms with Gasteiger partial charge >= 0.3 is 0 Å². The summed E-state index contributed by atoms with van der Waals surface area (Å²) in [5, 5.41) is 7.57. The molecule has 0 rings (SSSR count). The predicted octanol–water partition coefficient (Wildman–Crippen LogP) is 3.36. The van der Waals surface area contributed by atoms with Crippen molar-refractivity contribution in [2.24, 2.45) is 0 Å². The van der Waals surface area contributed by atoms with Gasteiger partial charge < -0.3 is 9.84 Å². The molecule has 0 saturated carbocycles. The second kappa shape index (κ2) is 361. The van der Waals surface area contributed by atoms with Gasteiger partial charge in [-0.15, -0.1) is 13.2 Å². The zero-order valence-electron chi connectivity index (χ0n) is 7.98. The van der Waals surface area contributed by atoms with Crippen LogP contribution in [0.4, 0.5) is 0 Å². The van der Waals surface area contributed by atoms with Crippen LogP contribution in [0, 0.1) is 0 Å². The van der Waals surface area contributed by atoms with Crippen molar-refractivity contribution in [3.05, 3.63) is 13.2 Å². The molecule has 0 spiro atoms. The van der Waals surface area contributed by atoms with E-state index in [9.17, 15) is 0 Å². The number of methoxy groups -OCH3 is 1. The standard InChI is InChI=1S/2C2H6O.C2H6.C2H4.2CH4/c1-3-2;1-2-3;2*1-2;;/h1-2H3;3H,2H2,1H3;1-2H3;1-2H2;2*1H4. The van der Waals surface area contributed by atoms with E-state index in [2.05, 4.69) is 17.9 Å². The summed E-state index contributed by atoms with van der Waals surface area (Å²) in [4.78, 5) is 0. The summed E-state index contributed by atoms with van der Waals surface area (Å²) in [5.41, 5.74) is 0. The molecule has 82 valence electrons. The van der Waals surface area contributed by atoms with E-state index in [0.29, 0.717) is 0 Å². The highest BCUT2D eigenvalue weighted by Gasteiger charge is 1.34. The maximum Gasteiger partial charge on any atom is 0.0402 e. The average molecular weight is 182 g/mol. The van der Waals surface area contributed by atoms with E-state index < -0.39 is 0 Å². The minimum absolute atomic E-state index is 0. The molecular weight excluding hydrogens is 152 g/mol. The molecule has 0 unspecified atom stereocenters. The van der Waals surface area contributed by atoms with Crippen LogP contribution in [0.3, 0.4) is 0 Å². The minimum atomic E-state index is 0. The van der Waals surface area contributed by atoms with E-state index in [4.69, 9.17) is 5.11 Å². The summed E-state index contributed by atoms with van der Waals surface area (Å²) in [7, 11) is 3.25. The Kier molecular flexibility index (Phi) is 1240. The van der Waals surface area contributed by atoms with Crippen LogP contribution in [0.5, 0.6) is 0 Å². The van der Waals surface area contributed by atoms with Gasteiger partial charge in [0.2, 0.25) is 0 Å². The van der Waals surface area contributed by atoms with Crippen molar-refractivity contribution in [1.29, 1.82) is 0 Å². The predicted molar refractivity (Wildman–Crippen MR) is 61.8 cm³/mol. The summed E-state index contributed by atoms with van der Waals surface area (Å²) in [6, 6.07) is 0. The summed E-state index contributed by atoms with van der Waals surface area (Å²) in [5.74, 6) is 0. The first kappa shape index (κ1) is 41.4. The Labute approximate surface area is 80.3 Å². The van der Waals surface area contributed by atoms with Crippen LogP contribution in [0.15, 0.2) is 13.2 Å². The number of aliphatic hydroxyl groups is 1. The Balaban J connectivity index is -0.00000000967. The van der Waals surface area contributed by atoms with E-state index in [0.717, 1.165) is 0 Å². The number of ether oxygens (including phenoxy) is 1. The average Bonchev–Trinajstić information content (AvgIpc) is 1.99. The highest BCUT2D eigenvalue weighted by Crippen LogP contribution is 1.30. The maximum atomic E-state index is 7.57. The third-order valence-corrected chi connectivity index (χ3v) is 0. The second-order valence-electron chi connectivity index (χ2n) is 0.724. The van der Waals surface area contributed by atoms with Crippen molar-refractivity contribution < 1.29 is 9.84 Å². The molecular formula is C10H30O2. The van der Waals surface area contributed by atoms with Gasteiger partial charge in [-0.3, -0.25) is 0 Å². The smallest absolute Gasteiger partial charge is 0.0402 e. The topological polar surface area (TPSA) is 29.5 Å². The molecule has 0 bridgehead atoms. The molecule has 0 fully saturated rings. The van der Waals surface area contributed by atoms with Crippen LogP contribution in [-0.4, -0.2) is 25.9 Å². The van der Waals surface area contributed by atoms with E-state index in [1.54, 1.807) is 21.1 Å². The number of rotatable bonds is 0. The molecule has 0 aromatic heterocycles. The monoisotopic (exact) mass is 182 g/mol. The molecule has 12 heavy (non-hydrogen) atoms. The highest BCUT2D eigenvalue weighted by molar-refractivity contribution is 4.22. The van der Waals surface area contributed by atoms with Crippen molar-refractivity contribution in [1.82, 2.24) is 0 Å². The fourth-order valence-corrected chi connectivity index (χ4v) is 0. The molecule has 0 heterocycles. The van der Waals surface area contributed by atoms with E-state index >= 15 is 0 Å². The Bertz CT molecular complexity index is 15.3. The van der Waals surface area contributed by atoms with Gasteiger partial charge in [0.05, 0.1) is 0 Å². The van der Waals surface area contributed by atoms with Crippen molar-refractivity contribution in [3.8, 4) is 0 Å². The van der Waals surface area contributed by atoms with Gasteiger partial charge in [0.25, 0.3) is 0 Å². The van der Waals surface area contributed by atoms with Gasteiger partial charge in [-0.05, 0) is 6.92 Å².